The highest BCUT2D eigenvalue weighted by Gasteiger charge is 2.25. The van der Waals surface area contributed by atoms with Crippen LogP contribution in [0.25, 0.3) is 0 Å². The fraction of sp³-hybridized carbons (Fsp3) is 0.875. The molecule has 1 aliphatic rings. The SMILES string of the molecule is CC1CCN(S(=O)(=O)NCC(=N)N)CC1. The molecular weight excluding hydrogens is 216 g/mol. The zero-order valence-electron chi connectivity index (χ0n) is 8.86. The molecule has 0 atom stereocenters. The van der Waals surface area contributed by atoms with Crippen molar-refractivity contribution in [2.45, 2.75) is 19.8 Å². The molecule has 15 heavy (non-hydrogen) atoms. The Morgan fingerprint density at radius 3 is 2.53 bits per heavy atom. The minimum Gasteiger partial charge on any atom is -0.387 e. The van der Waals surface area contributed by atoms with Gasteiger partial charge in [-0.15, -0.1) is 0 Å². The van der Waals surface area contributed by atoms with Crippen molar-refractivity contribution in [1.29, 1.82) is 5.41 Å². The summed E-state index contributed by atoms with van der Waals surface area (Å²) in [7, 11) is -3.44. The first-order chi connectivity index (χ1) is 6.92. The Labute approximate surface area is 90.5 Å². The highest BCUT2D eigenvalue weighted by molar-refractivity contribution is 7.87. The van der Waals surface area contributed by atoms with Gasteiger partial charge in [0, 0.05) is 13.1 Å². The first-order valence-corrected chi connectivity index (χ1v) is 6.43. The van der Waals surface area contributed by atoms with Crippen molar-refractivity contribution in [3.63, 3.8) is 0 Å². The van der Waals surface area contributed by atoms with Gasteiger partial charge >= 0.3 is 0 Å². The molecule has 0 aromatic rings. The Morgan fingerprint density at radius 2 is 2.07 bits per heavy atom. The lowest BCUT2D eigenvalue weighted by molar-refractivity contribution is 0.285. The molecular formula is C8H18N4O2S. The molecule has 88 valence electrons. The number of nitrogens with one attached hydrogen (secondary N) is 2. The molecule has 0 spiro atoms. The minimum absolute atomic E-state index is 0.117. The fourth-order valence-corrected chi connectivity index (χ4v) is 2.70. The van der Waals surface area contributed by atoms with E-state index in [2.05, 4.69) is 11.6 Å². The number of nitrogens with two attached hydrogens (primary N) is 1. The third-order valence-corrected chi connectivity index (χ3v) is 4.08. The van der Waals surface area contributed by atoms with Crippen LogP contribution in [0.5, 0.6) is 0 Å². The quantitative estimate of drug-likeness (QED) is 0.451. The lowest BCUT2D eigenvalue weighted by Gasteiger charge is -2.29. The van der Waals surface area contributed by atoms with Crippen molar-refractivity contribution in [2.24, 2.45) is 11.7 Å². The Bertz CT molecular complexity index is 320. The zero-order chi connectivity index (χ0) is 11.5. The molecule has 4 N–H and O–H groups in total. The van der Waals surface area contributed by atoms with Crippen LogP contribution in [0.1, 0.15) is 19.8 Å². The normalized spacial score (nSPS) is 20.3. The maximum Gasteiger partial charge on any atom is 0.279 e. The first-order valence-electron chi connectivity index (χ1n) is 4.99. The van der Waals surface area contributed by atoms with Gasteiger partial charge in [0.25, 0.3) is 10.2 Å². The van der Waals surface area contributed by atoms with Gasteiger partial charge < -0.3 is 5.73 Å². The summed E-state index contributed by atoms with van der Waals surface area (Å²) in [5.41, 5.74) is 5.09. The molecule has 0 amide bonds. The third kappa shape index (κ3) is 3.77. The van der Waals surface area contributed by atoms with Gasteiger partial charge in [0.1, 0.15) is 5.84 Å². The van der Waals surface area contributed by atoms with Gasteiger partial charge in [-0.05, 0) is 18.8 Å². The minimum atomic E-state index is -3.44. The summed E-state index contributed by atoms with van der Waals surface area (Å²) < 4.78 is 27.0. The predicted octanol–water partition coefficient (Wildman–Crippen LogP) is -0.511. The molecule has 1 rings (SSSR count). The molecule has 0 aromatic heterocycles. The number of rotatable bonds is 4. The summed E-state index contributed by atoms with van der Waals surface area (Å²) in [5.74, 6) is 0.410. The molecule has 0 unspecified atom stereocenters. The molecule has 0 radical (unpaired) electrons. The molecule has 7 heteroatoms. The van der Waals surface area contributed by atoms with Gasteiger partial charge in [-0.3, -0.25) is 5.41 Å². The average Bonchev–Trinajstić information content (AvgIpc) is 2.16. The average molecular weight is 234 g/mol. The van der Waals surface area contributed by atoms with Crippen LogP contribution in [0.3, 0.4) is 0 Å². The van der Waals surface area contributed by atoms with Gasteiger partial charge in [0.05, 0.1) is 6.54 Å². The Morgan fingerprint density at radius 1 is 1.53 bits per heavy atom. The second kappa shape index (κ2) is 4.91. The van der Waals surface area contributed by atoms with Crippen molar-refractivity contribution in [3.05, 3.63) is 0 Å². The highest BCUT2D eigenvalue weighted by atomic mass is 32.2. The van der Waals surface area contributed by atoms with Gasteiger partial charge in [0.15, 0.2) is 0 Å². The topological polar surface area (TPSA) is 99.3 Å². The molecule has 1 aliphatic heterocycles. The van der Waals surface area contributed by atoms with Crippen molar-refractivity contribution in [1.82, 2.24) is 9.03 Å². The molecule has 0 aliphatic carbocycles. The van der Waals surface area contributed by atoms with Crippen LogP contribution in [0.4, 0.5) is 0 Å². The van der Waals surface area contributed by atoms with E-state index in [1.807, 2.05) is 0 Å². The summed E-state index contributed by atoms with van der Waals surface area (Å²) in [6.45, 7) is 3.10. The molecule has 6 nitrogen and oxygen atoms in total. The van der Waals surface area contributed by atoms with Crippen molar-refractivity contribution < 1.29 is 8.42 Å². The number of amidine groups is 1. The number of hydrogen-bond acceptors (Lipinski definition) is 3. The summed E-state index contributed by atoms with van der Waals surface area (Å²) in [6, 6.07) is 0. The monoisotopic (exact) mass is 234 g/mol. The van der Waals surface area contributed by atoms with E-state index in [1.54, 1.807) is 0 Å². The van der Waals surface area contributed by atoms with Crippen LogP contribution in [-0.2, 0) is 10.2 Å². The lowest BCUT2D eigenvalue weighted by atomic mass is 10.0. The van der Waals surface area contributed by atoms with E-state index >= 15 is 0 Å². The van der Waals surface area contributed by atoms with E-state index in [1.165, 1.54) is 4.31 Å². The smallest absolute Gasteiger partial charge is 0.279 e. The largest absolute Gasteiger partial charge is 0.387 e. The summed E-state index contributed by atoms with van der Waals surface area (Å²) in [6.07, 6.45) is 1.78. The van der Waals surface area contributed by atoms with E-state index in [4.69, 9.17) is 11.1 Å². The Kier molecular flexibility index (Phi) is 4.06. The molecule has 0 saturated carbocycles. The van der Waals surface area contributed by atoms with E-state index < -0.39 is 10.2 Å². The maximum absolute atomic E-state index is 11.7. The number of nitrogens with zero attached hydrogens (tertiary/aromatic N) is 1. The van der Waals surface area contributed by atoms with E-state index in [-0.39, 0.29) is 12.4 Å². The summed E-state index contributed by atoms with van der Waals surface area (Å²) in [4.78, 5) is 0. The van der Waals surface area contributed by atoms with Crippen molar-refractivity contribution in [2.75, 3.05) is 19.6 Å². The Hall–Kier alpha value is -0.660. The first kappa shape index (κ1) is 12.4. The predicted molar refractivity (Wildman–Crippen MR) is 58.8 cm³/mol. The fourth-order valence-electron chi connectivity index (χ4n) is 1.49. The third-order valence-electron chi connectivity index (χ3n) is 2.53. The van der Waals surface area contributed by atoms with Gasteiger partial charge in [-0.1, -0.05) is 6.92 Å². The van der Waals surface area contributed by atoms with Crippen molar-refractivity contribution in [3.8, 4) is 0 Å². The molecule has 0 bridgehead atoms. The van der Waals surface area contributed by atoms with Crippen LogP contribution in [0.2, 0.25) is 0 Å². The van der Waals surface area contributed by atoms with Crippen molar-refractivity contribution >= 4 is 16.0 Å². The number of hydrogen-bond donors (Lipinski definition) is 3. The molecule has 1 heterocycles. The number of piperidine rings is 1. The maximum atomic E-state index is 11.7. The van der Waals surface area contributed by atoms with Gasteiger partial charge in [-0.25, -0.2) is 0 Å². The van der Waals surface area contributed by atoms with Crippen LogP contribution >= 0.6 is 0 Å². The second-order valence-electron chi connectivity index (χ2n) is 3.93. The van der Waals surface area contributed by atoms with E-state index in [0.29, 0.717) is 19.0 Å². The zero-order valence-corrected chi connectivity index (χ0v) is 9.68. The van der Waals surface area contributed by atoms with E-state index in [0.717, 1.165) is 12.8 Å². The van der Waals surface area contributed by atoms with Crippen LogP contribution in [0.15, 0.2) is 0 Å². The van der Waals surface area contributed by atoms with E-state index in [9.17, 15) is 8.42 Å². The second-order valence-corrected chi connectivity index (χ2v) is 5.69. The summed E-state index contributed by atoms with van der Waals surface area (Å²) >= 11 is 0. The van der Waals surface area contributed by atoms with Crippen LogP contribution < -0.4 is 10.5 Å². The standard InChI is InChI=1S/C8H18N4O2S/c1-7-2-4-12(5-3-7)15(13,14)11-6-8(9)10/h7,11H,2-6H2,1H3,(H3,9,10). The molecule has 1 fully saturated rings. The van der Waals surface area contributed by atoms with Gasteiger partial charge in [0.2, 0.25) is 0 Å². The summed E-state index contributed by atoms with van der Waals surface area (Å²) in [5, 5.41) is 6.95. The molecule has 1 saturated heterocycles. The lowest BCUT2D eigenvalue weighted by Crippen LogP contribution is -2.46. The molecule has 0 aromatic carbocycles. The van der Waals surface area contributed by atoms with Crippen LogP contribution in [0, 0.1) is 11.3 Å². The highest BCUT2D eigenvalue weighted by Crippen LogP contribution is 2.17. The van der Waals surface area contributed by atoms with Gasteiger partial charge in [-0.2, -0.15) is 17.4 Å². The Balaban J connectivity index is 2.50. The van der Waals surface area contributed by atoms with Crippen LogP contribution in [-0.4, -0.2) is 38.2 Å².